The van der Waals surface area contributed by atoms with Crippen molar-refractivity contribution in [2.75, 3.05) is 0 Å². The summed E-state index contributed by atoms with van der Waals surface area (Å²) in [4.78, 5) is 10.2. The number of aliphatic hydroxyl groups excluding tert-OH is 3. The Bertz CT molecular complexity index is 175. The van der Waals surface area contributed by atoms with E-state index in [2.05, 4.69) is 4.74 Å². The number of carbonyl (C=O) groups excluding carboxylic acids is 1. The molecule has 1 unspecified atom stereocenters. The fourth-order valence-corrected chi connectivity index (χ4v) is 1.08. The third-order valence-electron chi connectivity index (χ3n) is 1.81. The van der Waals surface area contributed by atoms with E-state index in [0.29, 0.717) is 6.29 Å². The van der Waals surface area contributed by atoms with Crippen LogP contribution in [0.3, 0.4) is 0 Å². The molecule has 1 aliphatic rings. The Balaban J connectivity index is 2.63. The van der Waals surface area contributed by atoms with Gasteiger partial charge < -0.3 is 30.6 Å². The fraction of sp³-hybridized carbons (Fsp3) is 0.833. The van der Waals surface area contributed by atoms with Gasteiger partial charge in [0, 0.05) is 0 Å². The third-order valence-corrected chi connectivity index (χ3v) is 1.81. The molecule has 70 valence electrons. The molecule has 1 heterocycles. The number of carbonyl (C=O) groups is 1. The Labute approximate surface area is 68.6 Å². The Morgan fingerprint density at radius 3 is 2.25 bits per heavy atom. The number of hydrogen-bond donors (Lipinski definition) is 4. The number of aliphatic hydroxyl groups is 3. The highest BCUT2D eigenvalue weighted by Gasteiger charge is 2.44. The normalized spacial score (nSPS) is 44.3. The molecule has 0 aliphatic carbocycles. The smallest absolute Gasteiger partial charge is 0.184 e. The first-order valence-electron chi connectivity index (χ1n) is 3.48. The molecule has 6 heteroatoms. The molecule has 6 nitrogen and oxygen atoms in total. The molecule has 0 aromatic carbocycles. The zero-order chi connectivity index (χ0) is 9.30. The molecular weight excluding hydrogens is 166 g/mol. The van der Waals surface area contributed by atoms with Gasteiger partial charge in [-0.2, -0.15) is 0 Å². The monoisotopic (exact) mass is 177 g/mol. The van der Waals surface area contributed by atoms with E-state index in [1.165, 1.54) is 0 Å². The lowest BCUT2D eigenvalue weighted by Crippen LogP contribution is -2.44. The van der Waals surface area contributed by atoms with E-state index in [1.54, 1.807) is 0 Å². The van der Waals surface area contributed by atoms with Crippen LogP contribution in [0.5, 0.6) is 0 Å². The lowest BCUT2D eigenvalue weighted by molar-refractivity contribution is -0.134. The van der Waals surface area contributed by atoms with E-state index in [9.17, 15) is 4.79 Å². The predicted molar refractivity (Wildman–Crippen MR) is 36.9 cm³/mol. The SMILES string of the molecule is N[C@@H](C=O)C1O[C@H](O)[C@H](O)[C@H]1O. The lowest BCUT2D eigenvalue weighted by atomic mass is 10.1. The van der Waals surface area contributed by atoms with Crippen molar-refractivity contribution in [3.63, 3.8) is 0 Å². The molecule has 0 amide bonds. The average molecular weight is 177 g/mol. The molecule has 1 saturated heterocycles. The van der Waals surface area contributed by atoms with Crippen LogP contribution in [0.25, 0.3) is 0 Å². The Hall–Kier alpha value is -0.530. The van der Waals surface area contributed by atoms with Gasteiger partial charge in [-0.25, -0.2) is 0 Å². The van der Waals surface area contributed by atoms with Crippen LogP contribution in [-0.2, 0) is 9.53 Å². The summed E-state index contributed by atoms with van der Waals surface area (Å²) in [6.45, 7) is 0. The van der Waals surface area contributed by atoms with E-state index in [4.69, 9.17) is 21.1 Å². The van der Waals surface area contributed by atoms with Crippen LogP contribution < -0.4 is 5.73 Å². The third kappa shape index (κ3) is 1.47. The van der Waals surface area contributed by atoms with Crippen LogP contribution in [-0.4, -0.2) is 52.2 Å². The van der Waals surface area contributed by atoms with Crippen molar-refractivity contribution in [1.82, 2.24) is 0 Å². The summed E-state index contributed by atoms with van der Waals surface area (Å²) >= 11 is 0. The molecular formula is C6H11NO5. The minimum absolute atomic E-state index is 0.388. The summed E-state index contributed by atoms with van der Waals surface area (Å²) in [5.41, 5.74) is 5.22. The van der Waals surface area contributed by atoms with Crippen molar-refractivity contribution in [2.24, 2.45) is 5.73 Å². The van der Waals surface area contributed by atoms with E-state index in [1.807, 2.05) is 0 Å². The molecule has 0 aromatic rings. The van der Waals surface area contributed by atoms with Crippen LogP contribution in [0.1, 0.15) is 0 Å². The molecule has 0 bridgehead atoms. The van der Waals surface area contributed by atoms with Gasteiger partial charge in [-0.15, -0.1) is 0 Å². The Morgan fingerprint density at radius 2 is 1.92 bits per heavy atom. The molecule has 0 radical (unpaired) electrons. The van der Waals surface area contributed by atoms with Gasteiger partial charge in [0.2, 0.25) is 0 Å². The summed E-state index contributed by atoms with van der Waals surface area (Å²) in [6.07, 6.45) is -4.84. The van der Waals surface area contributed by atoms with Gasteiger partial charge in [0.05, 0.1) is 6.04 Å². The van der Waals surface area contributed by atoms with Crippen molar-refractivity contribution in [1.29, 1.82) is 0 Å². The van der Waals surface area contributed by atoms with Gasteiger partial charge in [-0.05, 0) is 0 Å². The maximum Gasteiger partial charge on any atom is 0.184 e. The highest BCUT2D eigenvalue weighted by atomic mass is 16.6. The number of rotatable bonds is 2. The summed E-state index contributed by atoms with van der Waals surface area (Å²) in [7, 11) is 0. The molecule has 1 fully saturated rings. The topological polar surface area (TPSA) is 113 Å². The van der Waals surface area contributed by atoms with E-state index in [-0.39, 0.29) is 0 Å². The summed E-state index contributed by atoms with van der Waals surface area (Å²) in [5, 5.41) is 27.0. The van der Waals surface area contributed by atoms with E-state index < -0.39 is 30.6 Å². The summed E-state index contributed by atoms with van der Waals surface area (Å²) < 4.78 is 4.64. The zero-order valence-corrected chi connectivity index (χ0v) is 6.20. The lowest BCUT2D eigenvalue weighted by Gasteiger charge is -2.16. The maximum atomic E-state index is 10.2. The van der Waals surface area contributed by atoms with Crippen molar-refractivity contribution in [2.45, 2.75) is 30.6 Å². The molecule has 0 spiro atoms. The van der Waals surface area contributed by atoms with Crippen LogP contribution >= 0.6 is 0 Å². The first kappa shape index (κ1) is 9.56. The van der Waals surface area contributed by atoms with Gasteiger partial charge in [0.25, 0.3) is 0 Å². The van der Waals surface area contributed by atoms with Gasteiger partial charge in [0.15, 0.2) is 6.29 Å². The summed E-state index contributed by atoms with van der Waals surface area (Å²) in [6, 6.07) is -1.04. The van der Waals surface area contributed by atoms with Gasteiger partial charge in [-0.3, -0.25) is 0 Å². The second-order valence-electron chi connectivity index (χ2n) is 2.69. The first-order chi connectivity index (χ1) is 5.57. The minimum Gasteiger partial charge on any atom is -0.387 e. The second-order valence-corrected chi connectivity index (χ2v) is 2.69. The quantitative estimate of drug-likeness (QED) is 0.333. The number of aldehydes is 1. The molecule has 12 heavy (non-hydrogen) atoms. The highest BCUT2D eigenvalue weighted by molar-refractivity contribution is 5.58. The molecule has 5 N–H and O–H groups in total. The standard InChI is InChI=1S/C6H11NO5/c7-2(1-8)5-3(9)4(10)6(11)12-5/h1-6,9-11H,7H2/t2-,3+,4+,5?,6-/m0/s1. The zero-order valence-electron chi connectivity index (χ0n) is 6.20. The molecule has 0 saturated carbocycles. The fourth-order valence-electron chi connectivity index (χ4n) is 1.08. The highest BCUT2D eigenvalue weighted by Crippen LogP contribution is 2.20. The van der Waals surface area contributed by atoms with Crippen LogP contribution in [0.2, 0.25) is 0 Å². The van der Waals surface area contributed by atoms with Crippen molar-refractivity contribution in [3.05, 3.63) is 0 Å². The molecule has 1 rings (SSSR count). The molecule has 1 aliphatic heterocycles. The van der Waals surface area contributed by atoms with Crippen molar-refractivity contribution < 1.29 is 24.9 Å². The summed E-state index contributed by atoms with van der Waals surface area (Å²) in [5.74, 6) is 0. The van der Waals surface area contributed by atoms with Gasteiger partial charge in [-0.1, -0.05) is 0 Å². The Kier molecular flexibility index (Phi) is 2.76. The van der Waals surface area contributed by atoms with Crippen molar-refractivity contribution >= 4 is 6.29 Å². The van der Waals surface area contributed by atoms with E-state index in [0.717, 1.165) is 0 Å². The second kappa shape index (κ2) is 3.46. The van der Waals surface area contributed by atoms with Crippen LogP contribution in [0.4, 0.5) is 0 Å². The van der Waals surface area contributed by atoms with Crippen LogP contribution in [0, 0.1) is 0 Å². The number of ether oxygens (including phenoxy) is 1. The van der Waals surface area contributed by atoms with E-state index >= 15 is 0 Å². The molecule has 0 aromatic heterocycles. The van der Waals surface area contributed by atoms with Crippen molar-refractivity contribution in [3.8, 4) is 0 Å². The molecule has 5 atom stereocenters. The number of nitrogens with two attached hydrogens (primary N) is 1. The van der Waals surface area contributed by atoms with Crippen LogP contribution in [0.15, 0.2) is 0 Å². The van der Waals surface area contributed by atoms with Gasteiger partial charge >= 0.3 is 0 Å². The van der Waals surface area contributed by atoms with Gasteiger partial charge in [0.1, 0.15) is 24.6 Å². The first-order valence-corrected chi connectivity index (χ1v) is 3.48. The maximum absolute atomic E-state index is 10.2. The predicted octanol–water partition coefficient (Wildman–Crippen LogP) is -3.05. The number of hydrogen-bond acceptors (Lipinski definition) is 6. The largest absolute Gasteiger partial charge is 0.387 e. The minimum atomic E-state index is -1.48. The average Bonchev–Trinajstić information content (AvgIpc) is 2.32. The Morgan fingerprint density at radius 1 is 1.33 bits per heavy atom.